The van der Waals surface area contributed by atoms with Crippen LogP contribution in [0.1, 0.15) is 20.8 Å². The molecule has 0 saturated heterocycles. The number of nitrogen functional groups attached to an aromatic ring is 1. The molecule has 2 heterocycles. The third-order valence-electron chi connectivity index (χ3n) is 3.38. The number of phenols is 1. The Labute approximate surface area is 115 Å². The molecule has 3 rings (SSSR count). The van der Waals surface area contributed by atoms with Crippen molar-refractivity contribution in [2.24, 2.45) is 0 Å². The van der Waals surface area contributed by atoms with Gasteiger partial charge in [0.25, 0.3) is 5.91 Å². The number of amides is 1. The minimum atomic E-state index is -0.0264. The topological polar surface area (TPSA) is 66.6 Å². The van der Waals surface area contributed by atoms with E-state index >= 15 is 0 Å². The fourth-order valence-corrected chi connectivity index (χ4v) is 3.14. The summed E-state index contributed by atoms with van der Waals surface area (Å²) in [4.78, 5) is 14.8. The summed E-state index contributed by atoms with van der Waals surface area (Å²) in [6.07, 6.45) is 0.812. The van der Waals surface area contributed by atoms with Crippen LogP contribution in [-0.2, 0) is 13.0 Å². The highest BCUT2D eigenvalue weighted by Gasteiger charge is 2.24. The molecule has 0 bridgehead atoms. The number of nitrogens with zero attached hydrogens (tertiary/aromatic N) is 1. The maximum Gasteiger partial charge on any atom is 0.266 e. The molecule has 5 heteroatoms. The molecule has 98 valence electrons. The van der Waals surface area contributed by atoms with E-state index in [0.29, 0.717) is 23.7 Å². The summed E-state index contributed by atoms with van der Waals surface area (Å²) in [5, 5.41) is 11.3. The van der Waals surface area contributed by atoms with Crippen LogP contribution >= 0.6 is 11.3 Å². The predicted molar refractivity (Wildman–Crippen MR) is 75.3 cm³/mol. The number of phenolic OH excluding ortho intramolecular Hbond substituents is 1. The van der Waals surface area contributed by atoms with Crippen molar-refractivity contribution in [2.45, 2.75) is 13.0 Å². The Morgan fingerprint density at radius 3 is 2.89 bits per heavy atom. The van der Waals surface area contributed by atoms with Crippen LogP contribution in [-0.4, -0.2) is 22.5 Å². The summed E-state index contributed by atoms with van der Waals surface area (Å²) < 4.78 is 0. The highest BCUT2D eigenvalue weighted by atomic mass is 32.1. The molecule has 1 aromatic carbocycles. The lowest BCUT2D eigenvalue weighted by Crippen LogP contribution is -2.35. The van der Waals surface area contributed by atoms with Crippen molar-refractivity contribution < 1.29 is 9.90 Å². The smallest absolute Gasteiger partial charge is 0.266 e. The third-order valence-corrected chi connectivity index (χ3v) is 4.30. The Balaban J connectivity index is 1.86. The van der Waals surface area contributed by atoms with Gasteiger partial charge in [0.15, 0.2) is 0 Å². The van der Waals surface area contributed by atoms with Gasteiger partial charge in [-0.25, -0.2) is 0 Å². The van der Waals surface area contributed by atoms with E-state index in [4.69, 9.17) is 5.73 Å². The van der Waals surface area contributed by atoms with Crippen LogP contribution < -0.4 is 5.73 Å². The van der Waals surface area contributed by atoms with Crippen LogP contribution in [0.3, 0.4) is 0 Å². The third kappa shape index (κ3) is 2.17. The van der Waals surface area contributed by atoms with Gasteiger partial charge in [0.05, 0.1) is 5.69 Å². The van der Waals surface area contributed by atoms with Gasteiger partial charge in [-0.2, -0.15) is 0 Å². The first-order valence-electron chi connectivity index (χ1n) is 6.08. The molecule has 19 heavy (non-hydrogen) atoms. The van der Waals surface area contributed by atoms with E-state index in [1.807, 2.05) is 11.4 Å². The zero-order valence-corrected chi connectivity index (χ0v) is 11.1. The van der Waals surface area contributed by atoms with Crippen molar-refractivity contribution >= 4 is 22.9 Å². The lowest BCUT2D eigenvalue weighted by Gasteiger charge is -2.28. The highest BCUT2D eigenvalue weighted by molar-refractivity contribution is 7.12. The Morgan fingerprint density at radius 2 is 2.16 bits per heavy atom. The molecule has 4 nitrogen and oxygen atoms in total. The molecular formula is C14H14N2O2S. The van der Waals surface area contributed by atoms with E-state index in [-0.39, 0.29) is 11.7 Å². The molecule has 0 fully saturated rings. The average molecular weight is 274 g/mol. The minimum absolute atomic E-state index is 0.0264. The molecule has 2 aromatic rings. The molecule has 0 radical (unpaired) electrons. The maximum absolute atomic E-state index is 12.4. The number of hydrogen-bond donors (Lipinski definition) is 2. The zero-order chi connectivity index (χ0) is 13.4. The Kier molecular flexibility index (Phi) is 2.91. The first-order valence-corrected chi connectivity index (χ1v) is 6.96. The van der Waals surface area contributed by atoms with Crippen LogP contribution in [0.5, 0.6) is 5.75 Å². The molecule has 1 aromatic heterocycles. The van der Waals surface area contributed by atoms with E-state index in [0.717, 1.165) is 12.0 Å². The number of thiophene rings is 1. The fourth-order valence-electron chi connectivity index (χ4n) is 2.35. The first-order chi connectivity index (χ1) is 9.15. The number of carbonyl (C=O) groups is 1. The van der Waals surface area contributed by atoms with Gasteiger partial charge in [0.1, 0.15) is 10.6 Å². The monoisotopic (exact) mass is 274 g/mol. The number of benzene rings is 1. The zero-order valence-electron chi connectivity index (χ0n) is 10.3. The summed E-state index contributed by atoms with van der Waals surface area (Å²) in [7, 11) is 0. The molecule has 1 amide bonds. The molecular weight excluding hydrogens is 260 g/mol. The van der Waals surface area contributed by atoms with Gasteiger partial charge >= 0.3 is 0 Å². The van der Waals surface area contributed by atoms with E-state index in [1.165, 1.54) is 16.9 Å². The summed E-state index contributed by atoms with van der Waals surface area (Å²) >= 11 is 1.37. The largest absolute Gasteiger partial charge is 0.508 e. The Morgan fingerprint density at radius 1 is 1.32 bits per heavy atom. The van der Waals surface area contributed by atoms with Gasteiger partial charge in [-0.05, 0) is 41.1 Å². The Hall–Kier alpha value is -2.01. The number of carbonyl (C=O) groups excluding carboxylic acids is 1. The van der Waals surface area contributed by atoms with Crippen molar-refractivity contribution in [2.75, 3.05) is 12.3 Å². The number of aromatic hydroxyl groups is 1. The van der Waals surface area contributed by atoms with Crippen LogP contribution in [0.4, 0.5) is 5.69 Å². The number of anilines is 1. The van der Waals surface area contributed by atoms with E-state index in [9.17, 15) is 9.90 Å². The SMILES string of the molecule is Nc1ccsc1C(=O)N1CCc2ccc(O)cc2C1. The number of rotatable bonds is 1. The summed E-state index contributed by atoms with van der Waals surface area (Å²) in [5.41, 5.74) is 8.53. The van der Waals surface area contributed by atoms with Crippen LogP contribution in [0.25, 0.3) is 0 Å². The van der Waals surface area contributed by atoms with Crippen LogP contribution in [0.2, 0.25) is 0 Å². The second-order valence-electron chi connectivity index (χ2n) is 4.63. The number of nitrogens with two attached hydrogens (primary N) is 1. The van der Waals surface area contributed by atoms with Gasteiger partial charge in [-0.3, -0.25) is 4.79 Å². The molecule has 3 N–H and O–H groups in total. The van der Waals surface area contributed by atoms with E-state index < -0.39 is 0 Å². The van der Waals surface area contributed by atoms with E-state index in [1.54, 1.807) is 23.1 Å². The van der Waals surface area contributed by atoms with Crippen molar-refractivity contribution in [3.8, 4) is 5.75 Å². The molecule has 1 aliphatic rings. The van der Waals surface area contributed by atoms with Crippen LogP contribution in [0, 0.1) is 0 Å². The summed E-state index contributed by atoms with van der Waals surface area (Å²) in [5.74, 6) is 0.213. The van der Waals surface area contributed by atoms with Crippen molar-refractivity contribution in [3.05, 3.63) is 45.6 Å². The van der Waals surface area contributed by atoms with Gasteiger partial charge in [-0.15, -0.1) is 11.3 Å². The fraction of sp³-hybridized carbons (Fsp3) is 0.214. The molecule has 0 saturated carbocycles. The quantitative estimate of drug-likeness (QED) is 0.838. The van der Waals surface area contributed by atoms with Gasteiger partial charge in [0.2, 0.25) is 0 Å². The molecule has 1 aliphatic heterocycles. The van der Waals surface area contributed by atoms with Crippen LogP contribution in [0.15, 0.2) is 29.6 Å². The van der Waals surface area contributed by atoms with Gasteiger partial charge < -0.3 is 15.7 Å². The average Bonchev–Trinajstić information content (AvgIpc) is 2.83. The summed E-state index contributed by atoms with van der Waals surface area (Å²) in [6.45, 7) is 1.22. The van der Waals surface area contributed by atoms with Crippen molar-refractivity contribution in [1.82, 2.24) is 4.90 Å². The van der Waals surface area contributed by atoms with Gasteiger partial charge in [0, 0.05) is 13.1 Å². The standard InChI is InChI=1S/C14H14N2O2S/c15-12-4-6-19-13(12)14(18)16-5-3-9-1-2-11(17)7-10(9)8-16/h1-2,4,6-7,17H,3,5,8,15H2. The second-order valence-corrected chi connectivity index (χ2v) is 5.55. The molecule has 0 unspecified atom stereocenters. The maximum atomic E-state index is 12.4. The molecule has 0 aliphatic carbocycles. The summed E-state index contributed by atoms with van der Waals surface area (Å²) in [6, 6.07) is 7.09. The lowest BCUT2D eigenvalue weighted by molar-refractivity contribution is 0.0740. The first kappa shape index (κ1) is 12.0. The van der Waals surface area contributed by atoms with Gasteiger partial charge in [-0.1, -0.05) is 6.07 Å². The van der Waals surface area contributed by atoms with Crippen molar-refractivity contribution in [3.63, 3.8) is 0 Å². The normalized spacial score (nSPS) is 14.2. The van der Waals surface area contributed by atoms with Crippen molar-refractivity contribution in [1.29, 1.82) is 0 Å². The number of hydrogen-bond acceptors (Lipinski definition) is 4. The highest BCUT2D eigenvalue weighted by Crippen LogP contribution is 2.27. The van der Waals surface area contributed by atoms with E-state index in [2.05, 4.69) is 0 Å². The second kappa shape index (κ2) is 4.59. The molecule has 0 spiro atoms. The predicted octanol–water partition coefficient (Wildman–Crippen LogP) is 2.23. The molecule has 0 atom stereocenters. The Bertz CT molecular complexity index is 636. The lowest BCUT2D eigenvalue weighted by atomic mass is 9.99. The number of fused-ring (bicyclic) bond motifs is 1. The minimum Gasteiger partial charge on any atom is -0.508 e.